The molecule has 1 aliphatic rings. The number of carbonyl (C=O) groups excluding carboxylic acids is 1. The van der Waals surface area contributed by atoms with Gasteiger partial charge in [-0.2, -0.15) is 0 Å². The summed E-state index contributed by atoms with van der Waals surface area (Å²) in [6, 6.07) is 7.76. The molecule has 0 N–H and O–H groups in total. The summed E-state index contributed by atoms with van der Waals surface area (Å²) >= 11 is 1.51. The molecular formula is C18H19N3O3S. The number of hydrogen-bond acceptors (Lipinski definition) is 6. The predicted octanol–water partition coefficient (Wildman–Crippen LogP) is 3.73. The Bertz CT molecular complexity index is 911. The van der Waals surface area contributed by atoms with E-state index in [2.05, 4.69) is 16.2 Å². The lowest BCUT2D eigenvalue weighted by Gasteiger charge is -2.21. The average molecular weight is 357 g/mol. The number of benzene rings is 1. The fourth-order valence-electron chi connectivity index (χ4n) is 2.98. The zero-order chi connectivity index (χ0) is 17.4. The second-order valence-corrected chi connectivity index (χ2v) is 7.35. The zero-order valence-corrected chi connectivity index (χ0v) is 15.0. The van der Waals surface area contributed by atoms with E-state index in [1.165, 1.54) is 16.9 Å². The highest BCUT2D eigenvalue weighted by Crippen LogP contribution is 2.31. The molecule has 6 nitrogen and oxygen atoms in total. The monoisotopic (exact) mass is 357 g/mol. The molecular weight excluding hydrogens is 338 g/mol. The summed E-state index contributed by atoms with van der Waals surface area (Å²) in [7, 11) is 0. The van der Waals surface area contributed by atoms with Crippen molar-refractivity contribution in [2.45, 2.75) is 32.8 Å². The lowest BCUT2D eigenvalue weighted by molar-refractivity contribution is 0.0910. The highest BCUT2D eigenvalue weighted by atomic mass is 32.1. The van der Waals surface area contributed by atoms with E-state index in [0.29, 0.717) is 23.1 Å². The van der Waals surface area contributed by atoms with Gasteiger partial charge in [-0.25, -0.2) is 4.98 Å². The number of aromatic nitrogens is 2. The van der Waals surface area contributed by atoms with Crippen LogP contribution in [0.5, 0.6) is 0 Å². The number of hydrogen-bond donors (Lipinski definition) is 0. The summed E-state index contributed by atoms with van der Waals surface area (Å²) in [5.74, 6) is 0.406. The van der Waals surface area contributed by atoms with Crippen molar-refractivity contribution < 1.29 is 14.1 Å². The third-order valence-electron chi connectivity index (χ3n) is 4.27. The normalized spacial score (nSPS) is 17.3. The van der Waals surface area contributed by atoms with E-state index < -0.39 is 0 Å². The van der Waals surface area contributed by atoms with Gasteiger partial charge in [0, 0.05) is 12.7 Å². The molecule has 2 aromatic heterocycles. The van der Waals surface area contributed by atoms with Crippen LogP contribution in [0.4, 0.5) is 5.13 Å². The average Bonchev–Trinajstić information content (AvgIpc) is 3.31. The van der Waals surface area contributed by atoms with Crippen LogP contribution in [0.1, 0.15) is 34.7 Å². The first-order valence-corrected chi connectivity index (χ1v) is 9.16. The molecule has 0 aliphatic carbocycles. The Balaban J connectivity index is 1.70. The lowest BCUT2D eigenvalue weighted by Crippen LogP contribution is -2.37. The van der Waals surface area contributed by atoms with Crippen LogP contribution in [0.2, 0.25) is 0 Å². The minimum absolute atomic E-state index is 0.0331. The van der Waals surface area contributed by atoms with Crippen molar-refractivity contribution >= 4 is 32.6 Å². The van der Waals surface area contributed by atoms with E-state index in [-0.39, 0.29) is 12.0 Å². The van der Waals surface area contributed by atoms with Gasteiger partial charge in [-0.3, -0.25) is 9.69 Å². The highest BCUT2D eigenvalue weighted by Gasteiger charge is 2.28. The quantitative estimate of drug-likeness (QED) is 0.712. The van der Waals surface area contributed by atoms with Crippen molar-refractivity contribution in [1.82, 2.24) is 10.1 Å². The van der Waals surface area contributed by atoms with Crippen LogP contribution in [0.15, 0.2) is 28.8 Å². The fourth-order valence-corrected chi connectivity index (χ4v) is 4.05. The van der Waals surface area contributed by atoms with Gasteiger partial charge in [0.2, 0.25) is 0 Å². The molecule has 0 radical (unpaired) electrons. The highest BCUT2D eigenvalue weighted by molar-refractivity contribution is 7.22. The van der Waals surface area contributed by atoms with Crippen molar-refractivity contribution in [3.05, 3.63) is 41.3 Å². The maximum atomic E-state index is 13.0. The predicted molar refractivity (Wildman–Crippen MR) is 96.2 cm³/mol. The van der Waals surface area contributed by atoms with Gasteiger partial charge in [-0.05, 0) is 44.4 Å². The molecule has 1 amide bonds. The maximum absolute atomic E-state index is 13.0. The standard InChI is InChI=1S/C18H19N3O3S/c1-11-5-6-14-16(8-11)25-18(19-14)21(10-13-4-3-7-23-13)17(22)15-9-12(2)24-20-15/h5-6,8-9,13H,3-4,7,10H2,1-2H3. The van der Waals surface area contributed by atoms with Crippen LogP contribution < -0.4 is 4.90 Å². The molecule has 1 saturated heterocycles. The minimum atomic E-state index is -0.205. The van der Waals surface area contributed by atoms with Gasteiger partial charge in [0.05, 0.1) is 22.9 Å². The molecule has 0 spiro atoms. The van der Waals surface area contributed by atoms with Crippen molar-refractivity contribution in [2.75, 3.05) is 18.1 Å². The number of thiazole rings is 1. The minimum Gasteiger partial charge on any atom is -0.376 e. The van der Waals surface area contributed by atoms with E-state index >= 15 is 0 Å². The number of fused-ring (bicyclic) bond motifs is 1. The Morgan fingerprint density at radius 3 is 2.96 bits per heavy atom. The second-order valence-electron chi connectivity index (χ2n) is 6.34. The van der Waals surface area contributed by atoms with Gasteiger partial charge >= 0.3 is 0 Å². The van der Waals surface area contributed by atoms with Gasteiger partial charge in [0.15, 0.2) is 10.8 Å². The summed E-state index contributed by atoms with van der Waals surface area (Å²) in [4.78, 5) is 19.3. The van der Waals surface area contributed by atoms with Gasteiger partial charge in [-0.15, -0.1) is 0 Å². The van der Waals surface area contributed by atoms with Crippen LogP contribution >= 0.6 is 11.3 Å². The second kappa shape index (κ2) is 6.57. The van der Waals surface area contributed by atoms with E-state index in [0.717, 1.165) is 29.7 Å². The first-order chi connectivity index (χ1) is 12.1. The lowest BCUT2D eigenvalue weighted by atomic mass is 10.2. The zero-order valence-electron chi connectivity index (χ0n) is 14.2. The Hall–Kier alpha value is -2.25. The van der Waals surface area contributed by atoms with Gasteiger partial charge in [0.25, 0.3) is 5.91 Å². The molecule has 1 aliphatic heterocycles. The molecule has 4 rings (SSSR count). The van der Waals surface area contributed by atoms with Gasteiger partial charge in [-0.1, -0.05) is 22.6 Å². The number of nitrogens with zero attached hydrogens (tertiary/aromatic N) is 3. The van der Waals surface area contributed by atoms with Crippen LogP contribution in [-0.2, 0) is 4.74 Å². The fraction of sp³-hybridized carbons (Fsp3) is 0.389. The van der Waals surface area contributed by atoms with Crippen LogP contribution in [0, 0.1) is 13.8 Å². The van der Waals surface area contributed by atoms with E-state index in [9.17, 15) is 4.79 Å². The Kier molecular flexibility index (Phi) is 4.27. The summed E-state index contributed by atoms with van der Waals surface area (Å²) in [6.07, 6.45) is 2.01. The Morgan fingerprint density at radius 2 is 2.24 bits per heavy atom. The van der Waals surface area contributed by atoms with E-state index in [1.54, 1.807) is 17.9 Å². The molecule has 1 fully saturated rings. The first kappa shape index (κ1) is 16.2. The van der Waals surface area contributed by atoms with E-state index in [1.807, 2.05) is 19.1 Å². The Morgan fingerprint density at radius 1 is 1.36 bits per heavy atom. The third-order valence-corrected chi connectivity index (χ3v) is 5.31. The summed E-state index contributed by atoms with van der Waals surface area (Å²) in [6.45, 7) is 5.04. The largest absolute Gasteiger partial charge is 0.376 e. The van der Waals surface area contributed by atoms with Gasteiger partial charge < -0.3 is 9.26 Å². The Labute approximate surface area is 149 Å². The molecule has 0 bridgehead atoms. The number of carbonyl (C=O) groups is 1. The van der Waals surface area contributed by atoms with Crippen molar-refractivity contribution in [3.8, 4) is 0 Å². The SMILES string of the molecule is Cc1ccc2nc(N(CC3CCCO3)C(=O)c3cc(C)on3)sc2c1. The molecule has 3 heterocycles. The van der Waals surface area contributed by atoms with Crippen LogP contribution in [-0.4, -0.2) is 35.3 Å². The van der Waals surface area contributed by atoms with Crippen molar-refractivity contribution in [2.24, 2.45) is 0 Å². The van der Waals surface area contributed by atoms with Crippen molar-refractivity contribution in [3.63, 3.8) is 0 Å². The molecule has 0 saturated carbocycles. The third kappa shape index (κ3) is 3.29. The summed E-state index contributed by atoms with van der Waals surface area (Å²) < 4.78 is 11.9. The number of aryl methyl sites for hydroxylation is 2. The molecule has 130 valence electrons. The van der Waals surface area contributed by atoms with Gasteiger partial charge in [0.1, 0.15) is 5.76 Å². The summed E-state index contributed by atoms with van der Waals surface area (Å²) in [5, 5.41) is 4.54. The molecule has 25 heavy (non-hydrogen) atoms. The smallest absolute Gasteiger partial charge is 0.282 e. The topological polar surface area (TPSA) is 68.5 Å². The first-order valence-electron chi connectivity index (χ1n) is 8.34. The van der Waals surface area contributed by atoms with Crippen molar-refractivity contribution in [1.29, 1.82) is 0 Å². The number of ether oxygens (including phenoxy) is 1. The summed E-state index contributed by atoms with van der Waals surface area (Å²) in [5.41, 5.74) is 2.37. The molecule has 1 aromatic carbocycles. The molecule has 7 heteroatoms. The molecule has 1 atom stereocenters. The van der Waals surface area contributed by atoms with E-state index in [4.69, 9.17) is 9.26 Å². The number of rotatable bonds is 4. The maximum Gasteiger partial charge on any atom is 0.282 e. The molecule has 3 aromatic rings. The molecule has 1 unspecified atom stereocenters. The van der Waals surface area contributed by atoms with Crippen LogP contribution in [0.3, 0.4) is 0 Å². The number of anilines is 1. The van der Waals surface area contributed by atoms with Crippen LogP contribution in [0.25, 0.3) is 10.2 Å². The number of amides is 1.